The largest absolute Gasteiger partial charge is 0.330 e. The molecule has 1 unspecified atom stereocenters. The van der Waals surface area contributed by atoms with Gasteiger partial charge in [-0.15, -0.1) is 0 Å². The molecule has 0 heterocycles. The van der Waals surface area contributed by atoms with E-state index >= 15 is 0 Å². The van der Waals surface area contributed by atoms with Gasteiger partial charge in [0.15, 0.2) is 0 Å². The standard InChI is InChI=1S/C22H28N2/c23-14-4-9-21-19-6-2-1-5-18(19)20-8-3-7-17(22(20)21)15-10-12-16(24)13-11-15/h1-3,5-8,15-16,21H,4,9-14,23-24H2. The molecule has 2 aliphatic carbocycles. The van der Waals surface area contributed by atoms with Crippen LogP contribution in [0.5, 0.6) is 0 Å². The summed E-state index contributed by atoms with van der Waals surface area (Å²) in [5.74, 6) is 1.20. The van der Waals surface area contributed by atoms with E-state index in [4.69, 9.17) is 11.5 Å². The van der Waals surface area contributed by atoms with Crippen LogP contribution in [0.3, 0.4) is 0 Å². The summed E-state index contributed by atoms with van der Waals surface area (Å²) >= 11 is 0. The van der Waals surface area contributed by atoms with E-state index in [-0.39, 0.29) is 0 Å². The maximum atomic E-state index is 6.14. The maximum Gasteiger partial charge on any atom is 0.0105 e. The van der Waals surface area contributed by atoms with Crippen LogP contribution < -0.4 is 11.5 Å². The highest BCUT2D eigenvalue weighted by molar-refractivity contribution is 5.80. The topological polar surface area (TPSA) is 52.0 Å². The number of hydrogen-bond acceptors (Lipinski definition) is 2. The molecule has 2 aromatic carbocycles. The second-order valence-corrected chi connectivity index (χ2v) is 7.49. The molecule has 1 saturated carbocycles. The summed E-state index contributed by atoms with van der Waals surface area (Å²) in [5.41, 5.74) is 19.5. The summed E-state index contributed by atoms with van der Waals surface area (Å²) < 4.78 is 0. The van der Waals surface area contributed by atoms with E-state index in [2.05, 4.69) is 42.5 Å². The van der Waals surface area contributed by atoms with Crippen molar-refractivity contribution in [1.29, 1.82) is 0 Å². The van der Waals surface area contributed by atoms with E-state index < -0.39 is 0 Å². The lowest BCUT2D eigenvalue weighted by Gasteiger charge is -2.29. The number of fused-ring (bicyclic) bond motifs is 3. The van der Waals surface area contributed by atoms with Gasteiger partial charge in [-0.1, -0.05) is 42.5 Å². The molecule has 1 atom stereocenters. The van der Waals surface area contributed by atoms with E-state index in [1.54, 1.807) is 11.1 Å². The van der Waals surface area contributed by atoms with E-state index in [0.29, 0.717) is 17.9 Å². The Kier molecular flexibility index (Phi) is 4.43. The molecule has 24 heavy (non-hydrogen) atoms. The van der Waals surface area contributed by atoms with Gasteiger partial charge in [-0.2, -0.15) is 0 Å². The highest BCUT2D eigenvalue weighted by atomic mass is 14.6. The van der Waals surface area contributed by atoms with Gasteiger partial charge in [0, 0.05) is 12.0 Å². The van der Waals surface area contributed by atoms with Crippen LogP contribution in [0.25, 0.3) is 11.1 Å². The van der Waals surface area contributed by atoms with Crippen molar-refractivity contribution in [2.24, 2.45) is 11.5 Å². The minimum atomic E-state index is 0.406. The Bertz CT molecular complexity index is 714. The van der Waals surface area contributed by atoms with Crippen LogP contribution in [0, 0.1) is 0 Å². The molecule has 0 aliphatic heterocycles. The Balaban J connectivity index is 1.77. The lowest BCUT2D eigenvalue weighted by atomic mass is 9.77. The van der Waals surface area contributed by atoms with Crippen molar-refractivity contribution in [2.75, 3.05) is 6.54 Å². The van der Waals surface area contributed by atoms with Crippen LogP contribution in [0.4, 0.5) is 0 Å². The van der Waals surface area contributed by atoms with Crippen LogP contribution in [0.2, 0.25) is 0 Å². The van der Waals surface area contributed by atoms with E-state index in [0.717, 1.165) is 32.2 Å². The lowest BCUT2D eigenvalue weighted by Crippen LogP contribution is -2.26. The Morgan fingerprint density at radius 2 is 1.54 bits per heavy atom. The van der Waals surface area contributed by atoms with Crippen molar-refractivity contribution >= 4 is 0 Å². The predicted molar refractivity (Wildman–Crippen MR) is 101 cm³/mol. The van der Waals surface area contributed by atoms with Crippen LogP contribution in [-0.2, 0) is 0 Å². The van der Waals surface area contributed by atoms with Gasteiger partial charge in [0.25, 0.3) is 0 Å². The van der Waals surface area contributed by atoms with Crippen molar-refractivity contribution in [3.8, 4) is 11.1 Å². The fourth-order valence-corrected chi connectivity index (χ4v) is 4.82. The number of hydrogen-bond donors (Lipinski definition) is 2. The Morgan fingerprint density at radius 1 is 0.833 bits per heavy atom. The molecule has 126 valence electrons. The first-order chi connectivity index (χ1) is 11.8. The summed E-state index contributed by atoms with van der Waals surface area (Å²) in [5, 5.41) is 0. The zero-order chi connectivity index (χ0) is 16.5. The Hall–Kier alpha value is -1.64. The molecule has 2 aliphatic rings. The molecule has 0 spiro atoms. The van der Waals surface area contributed by atoms with Crippen LogP contribution >= 0.6 is 0 Å². The van der Waals surface area contributed by atoms with Crippen molar-refractivity contribution in [2.45, 2.75) is 56.4 Å². The fraction of sp³-hybridized carbons (Fsp3) is 0.455. The summed E-state index contributed by atoms with van der Waals surface area (Å²) in [6, 6.07) is 16.3. The van der Waals surface area contributed by atoms with Crippen LogP contribution in [0.1, 0.15) is 67.1 Å². The first kappa shape index (κ1) is 15.9. The highest BCUT2D eigenvalue weighted by Gasteiger charge is 2.32. The van der Waals surface area contributed by atoms with Gasteiger partial charge in [0.1, 0.15) is 0 Å². The van der Waals surface area contributed by atoms with E-state index in [1.165, 1.54) is 29.5 Å². The van der Waals surface area contributed by atoms with Crippen LogP contribution in [0.15, 0.2) is 42.5 Å². The molecule has 0 saturated heterocycles. The molecule has 0 bridgehead atoms. The highest BCUT2D eigenvalue weighted by Crippen LogP contribution is 2.50. The summed E-state index contributed by atoms with van der Waals surface area (Å²) in [4.78, 5) is 0. The van der Waals surface area contributed by atoms with Crippen molar-refractivity contribution < 1.29 is 0 Å². The maximum absolute atomic E-state index is 6.14. The van der Waals surface area contributed by atoms with Gasteiger partial charge in [-0.05, 0) is 78.8 Å². The summed E-state index contributed by atoms with van der Waals surface area (Å²) in [7, 11) is 0. The normalized spacial score (nSPS) is 25.3. The molecule has 0 amide bonds. The minimum absolute atomic E-state index is 0.406. The molecular formula is C22H28N2. The third-order valence-electron chi connectivity index (χ3n) is 6.02. The smallest absolute Gasteiger partial charge is 0.0105 e. The fourth-order valence-electron chi connectivity index (χ4n) is 4.82. The van der Waals surface area contributed by atoms with Gasteiger partial charge in [-0.25, -0.2) is 0 Å². The van der Waals surface area contributed by atoms with Gasteiger partial charge in [-0.3, -0.25) is 0 Å². The van der Waals surface area contributed by atoms with Gasteiger partial charge in [0.05, 0.1) is 0 Å². The number of nitrogens with two attached hydrogens (primary N) is 2. The lowest BCUT2D eigenvalue weighted by molar-refractivity contribution is 0.393. The van der Waals surface area contributed by atoms with Gasteiger partial charge >= 0.3 is 0 Å². The molecule has 2 heteroatoms. The minimum Gasteiger partial charge on any atom is -0.330 e. The molecule has 2 nitrogen and oxygen atoms in total. The Labute approximate surface area is 145 Å². The Morgan fingerprint density at radius 3 is 2.33 bits per heavy atom. The molecule has 0 aromatic heterocycles. The molecule has 1 fully saturated rings. The average Bonchev–Trinajstić information content (AvgIpc) is 2.95. The first-order valence-corrected chi connectivity index (χ1v) is 9.47. The third-order valence-corrected chi connectivity index (χ3v) is 6.02. The number of benzene rings is 2. The molecule has 2 aromatic rings. The monoisotopic (exact) mass is 320 g/mol. The average molecular weight is 320 g/mol. The molecular weight excluding hydrogens is 292 g/mol. The quantitative estimate of drug-likeness (QED) is 0.870. The van der Waals surface area contributed by atoms with E-state index in [1.807, 2.05) is 0 Å². The predicted octanol–water partition coefficient (Wildman–Crippen LogP) is 4.52. The molecule has 4 N–H and O–H groups in total. The molecule has 4 rings (SSSR count). The van der Waals surface area contributed by atoms with Crippen molar-refractivity contribution in [1.82, 2.24) is 0 Å². The third kappa shape index (κ3) is 2.68. The summed E-state index contributed by atoms with van der Waals surface area (Å²) in [6.07, 6.45) is 7.03. The summed E-state index contributed by atoms with van der Waals surface area (Å²) in [6.45, 7) is 0.772. The van der Waals surface area contributed by atoms with Gasteiger partial charge in [0.2, 0.25) is 0 Å². The zero-order valence-corrected chi connectivity index (χ0v) is 14.4. The zero-order valence-electron chi connectivity index (χ0n) is 14.4. The SMILES string of the molecule is NCCCC1c2ccccc2-c2cccc(C3CCC(N)CC3)c21. The van der Waals surface area contributed by atoms with Crippen LogP contribution in [-0.4, -0.2) is 12.6 Å². The first-order valence-electron chi connectivity index (χ1n) is 9.47. The second-order valence-electron chi connectivity index (χ2n) is 7.49. The van der Waals surface area contributed by atoms with Crippen molar-refractivity contribution in [3.63, 3.8) is 0 Å². The second kappa shape index (κ2) is 6.70. The number of rotatable bonds is 4. The molecule has 0 radical (unpaired) electrons. The van der Waals surface area contributed by atoms with Gasteiger partial charge < -0.3 is 11.5 Å². The van der Waals surface area contributed by atoms with E-state index in [9.17, 15) is 0 Å². The van der Waals surface area contributed by atoms with Crippen molar-refractivity contribution in [3.05, 3.63) is 59.2 Å².